The number of nitrogens with one attached hydrogen (secondary N) is 2. The number of amides is 2. The first kappa shape index (κ1) is 24.6. The summed E-state index contributed by atoms with van der Waals surface area (Å²) in [6.45, 7) is 5.70. The molecule has 2 amide bonds. The summed E-state index contributed by atoms with van der Waals surface area (Å²) in [6, 6.07) is 20.1. The van der Waals surface area contributed by atoms with Gasteiger partial charge < -0.3 is 20.3 Å². The van der Waals surface area contributed by atoms with E-state index in [4.69, 9.17) is 4.74 Å². The molecule has 2 aromatic carbocycles. The lowest BCUT2D eigenvalue weighted by Crippen LogP contribution is -2.56. The van der Waals surface area contributed by atoms with Gasteiger partial charge in [-0.05, 0) is 42.4 Å². The molecule has 7 heteroatoms. The SMILES string of the molecule is O=C1NCCC2NC(c3ccc(CN4CCN(C(=O)C5CCCO5)CC4)cc3)C(c3ccccc3)CC12. The number of nitrogens with zero attached hydrogens (tertiary/aromatic N) is 2. The van der Waals surface area contributed by atoms with E-state index in [2.05, 4.69) is 70.1 Å². The molecule has 4 fully saturated rings. The molecule has 2 aromatic rings. The molecular formula is C30H38N4O3. The number of rotatable bonds is 5. The van der Waals surface area contributed by atoms with E-state index < -0.39 is 0 Å². The highest BCUT2D eigenvalue weighted by Crippen LogP contribution is 2.42. The minimum absolute atomic E-state index is 0.0280. The maximum Gasteiger partial charge on any atom is 0.251 e. The number of ether oxygens (including phenoxy) is 1. The van der Waals surface area contributed by atoms with Gasteiger partial charge in [0.1, 0.15) is 6.10 Å². The van der Waals surface area contributed by atoms with E-state index >= 15 is 0 Å². The lowest BCUT2D eigenvalue weighted by Gasteiger charge is -2.44. The summed E-state index contributed by atoms with van der Waals surface area (Å²) in [5, 5.41) is 6.94. The van der Waals surface area contributed by atoms with E-state index in [9.17, 15) is 9.59 Å². The number of benzene rings is 2. The normalized spacial score (nSPS) is 30.5. The average Bonchev–Trinajstić information content (AvgIpc) is 3.49. The van der Waals surface area contributed by atoms with Crippen molar-refractivity contribution in [2.24, 2.45) is 5.92 Å². The van der Waals surface area contributed by atoms with Crippen molar-refractivity contribution < 1.29 is 14.3 Å². The van der Waals surface area contributed by atoms with Crippen LogP contribution in [0.15, 0.2) is 54.6 Å². The zero-order chi connectivity index (χ0) is 25.2. The van der Waals surface area contributed by atoms with Crippen LogP contribution in [0, 0.1) is 5.92 Å². The molecule has 0 aliphatic carbocycles. The van der Waals surface area contributed by atoms with E-state index in [1.54, 1.807) is 0 Å². The summed E-state index contributed by atoms with van der Waals surface area (Å²) < 4.78 is 5.59. The molecule has 6 rings (SSSR count). The fourth-order valence-corrected chi connectivity index (χ4v) is 6.64. The quantitative estimate of drug-likeness (QED) is 0.658. The summed E-state index contributed by atoms with van der Waals surface area (Å²) >= 11 is 0. The van der Waals surface area contributed by atoms with Crippen molar-refractivity contribution in [3.8, 4) is 0 Å². The lowest BCUT2D eigenvalue weighted by molar-refractivity contribution is -0.142. The monoisotopic (exact) mass is 502 g/mol. The highest BCUT2D eigenvalue weighted by molar-refractivity contribution is 5.81. The predicted octanol–water partition coefficient (Wildman–Crippen LogP) is 2.83. The van der Waals surface area contributed by atoms with Crippen LogP contribution in [-0.2, 0) is 20.9 Å². The highest BCUT2D eigenvalue weighted by atomic mass is 16.5. The summed E-state index contributed by atoms with van der Waals surface area (Å²) in [4.78, 5) is 29.7. The van der Waals surface area contributed by atoms with Crippen LogP contribution in [-0.4, -0.2) is 73.1 Å². The van der Waals surface area contributed by atoms with Crippen LogP contribution in [0.25, 0.3) is 0 Å². The van der Waals surface area contributed by atoms with Crippen molar-refractivity contribution in [3.05, 3.63) is 71.3 Å². The minimum Gasteiger partial charge on any atom is -0.368 e. The molecule has 4 aliphatic heterocycles. The summed E-state index contributed by atoms with van der Waals surface area (Å²) in [6.07, 6.45) is 3.49. The maximum atomic E-state index is 12.6. The first-order valence-electron chi connectivity index (χ1n) is 14.0. The average molecular weight is 503 g/mol. The molecule has 2 N–H and O–H groups in total. The molecular weight excluding hydrogens is 464 g/mol. The molecule has 7 nitrogen and oxygen atoms in total. The maximum absolute atomic E-state index is 12.6. The van der Waals surface area contributed by atoms with Gasteiger partial charge in [0.05, 0.1) is 5.92 Å². The van der Waals surface area contributed by atoms with Gasteiger partial charge in [-0.1, -0.05) is 54.6 Å². The fraction of sp³-hybridized carbons (Fsp3) is 0.533. The van der Waals surface area contributed by atoms with Gasteiger partial charge in [0.2, 0.25) is 5.91 Å². The van der Waals surface area contributed by atoms with Gasteiger partial charge >= 0.3 is 0 Å². The van der Waals surface area contributed by atoms with E-state index in [1.165, 1.54) is 16.7 Å². The number of hydrogen-bond donors (Lipinski definition) is 2. The molecule has 196 valence electrons. The molecule has 0 bridgehead atoms. The number of piperidine rings is 2. The predicted molar refractivity (Wildman–Crippen MR) is 142 cm³/mol. The zero-order valence-corrected chi connectivity index (χ0v) is 21.5. The van der Waals surface area contributed by atoms with Crippen LogP contribution in [0.3, 0.4) is 0 Å². The number of carbonyl (C=O) groups is 2. The number of carbonyl (C=O) groups excluding carboxylic acids is 2. The van der Waals surface area contributed by atoms with Gasteiger partial charge in [-0.15, -0.1) is 0 Å². The third-order valence-electron chi connectivity index (χ3n) is 8.74. The Kier molecular flexibility index (Phi) is 7.27. The largest absolute Gasteiger partial charge is 0.368 e. The Morgan fingerprint density at radius 1 is 0.919 bits per heavy atom. The first-order chi connectivity index (χ1) is 18.2. The third-order valence-corrected chi connectivity index (χ3v) is 8.74. The van der Waals surface area contributed by atoms with Crippen molar-refractivity contribution in [3.63, 3.8) is 0 Å². The Morgan fingerprint density at radius 3 is 2.43 bits per heavy atom. The Hall–Kier alpha value is -2.74. The molecule has 0 radical (unpaired) electrons. The first-order valence-corrected chi connectivity index (χ1v) is 14.0. The van der Waals surface area contributed by atoms with Crippen LogP contribution in [0.4, 0.5) is 0 Å². The third kappa shape index (κ3) is 5.31. The van der Waals surface area contributed by atoms with E-state index in [1.807, 2.05) is 4.90 Å². The Morgan fingerprint density at radius 2 is 1.70 bits per heavy atom. The number of fused-ring (bicyclic) bond motifs is 1. The van der Waals surface area contributed by atoms with Crippen LogP contribution in [0.1, 0.15) is 54.3 Å². The second-order valence-corrected chi connectivity index (χ2v) is 11.0. The lowest BCUT2D eigenvalue weighted by atomic mass is 9.72. The Labute approximate surface area is 219 Å². The van der Waals surface area contributed by atoms with Crippen molar-refractivity contribution in [2.45, 2.75) is 56.3 Å². The second kappa shape index (κ2) is 10.9. The molecule has 4 heterocycles. The van der Waals surface area contributed by atoms with Crippen LogP contribution in [0.2, 0.25) is 0 Å². The van der Waals surface area contributed by atoms with Crippen LogP contribution >= 0.6 is 0 Å². The Bertz CT molecular complexity index is 1080. The van der Waals surface area contributed by atoms with Gasteiger partial charge in [0, 0.05) is 63.9 Å². The standard InChI is InChI=1S/C30H38N4O3/c35-29-25-19-24(22-5-2-1-3-6-22)28(32-26(25)12-13-31-29)23-10-8-21(9-11-23)20-33-14-16-34(17-15-33)30(36)27-7-4-18-37-27/h1-3,5-6,8-11,24-28,32H,4,7,12-20H2,(H,31,35). The number of hydrogen-bond acceptors (Lipinski definition) is 5. The van der Waals surface area contributed by atoms with Gasteiger partial charge in [0.25, 0.3) is 5.91 Å². The van der Waals surface area contributed by atoms with Gasteiger partial charge in [-0.2, -0.15) is 0 Å². The molecule has 0 saturated carbocycles. The van der Waals surface area contributed by atoms with E-state index in [0.717, 1.165) is 65.0 Å². The van der Waals surface area contributed by atoms with Crippen LogP contribution in [0.5, 0.6) is 0 Å². The van der Waals surface area contributed by atoms with Crippen LogP contribution < -0.4 is 10.6 Å². The molecule has 4 aliphatic rings. The topological polar surface area (TPSA) is 73.9 Å². The summed E-state index contributed by atoms with van der Waals surface area (Å²) in [5.74, 6) is 0.648. The smallest absolute Gasteiger partial charge is 0.251 e. The summed E-state index contributed by atoms with van der Waals surface area (Å²) in [5.41, 5.74) is 3.87. The molecule has 0 spiro atoms. The molecule has 37 heavy (non-hydrogen) atoms. The van der Waals surface area contributed by atoms with E-state index in [-0.39, 0.29) is 41.8 Å². The number of piperazine rings is 1. The van der Waals surface area contributed by atoms with E-state index in [0.29, 0.717) is 6.61 Å². The minimum atomic E-state index is -0.217. The molecule has 0 aromatic heterocycles. The molecule has 5 unspecified atom stereocenters. The van der Waals surface area contributed by atoms with Gasteiger partial charge in [-0.3, -0.25) is 14.5 Å². The van der Waals surface area contributed by atoms with Crippen molar-refractivity contribution in [2.75, 3.05) is 39.3 Å². The van der Waals surface area contributed by atoms with Gasteiger partial charge in [-0.25, -0.2) is 0 Å². The zero-order valence-electron chi connectivity index (χ0n) is 21.5. The molecule has 4 saturated heterocycles. The Balaban J connectivity index is 1.11. The van der Waals surface area contributed by atoms with Crippen molar-refractivity contribution in [1.82, 2.24) is 20.4 Å². The van der Waals surface area contributed by atoms with Gasteiger partial charge in [0.15, 0.2) is 0 Å². The summed E-state index contributed by atoms with van der Waals surface area (Å²) in [7, 11) is 0. The fourth-order valence-electron chi connectivity index (χ4n) is 6.64. The van der Waals surface area contributed by atoms with Crippen molar-refractivity contribution >= 4 is 11.8 Å². The second-order valence-electron chi connectivity index (χ2n) is 11.0. The van der Waals surface area contributed by atoms with Crippen molar-refractivity contribution in [1.29, 1.82) is 0 Å². The molecule has 5 atom stereocenters. The highest BCUT2D eigenvalue weighted by Gasteiger charge is 2.42.